The van der Waals surface area contributed by atoms with Crippen LogP contribution in [-0.2, 0) is 47.0 Å². The highest BCUT2D eigenvalue weighted by molar-refractivity contribution is 6.06. The summed E-state index contributed by atoms with van der Waals surface area (Å²) in [6.45, 7) is 13.9. The van der Waals surface area contributed by atoms with E-state index in [4.69, 9.17) is 18.9 Å². The zero-order valence-electron chi connectivity index (χ0n) is 31.7. The Hall–Kier alpha value is -5.16. The highest BCUT2D eigenvalue weighted by Crippen LogP contribution is 2.40. The molecule has 294 valence electrons. The zero-order chi connectivity index (χ0) is 40.3. The van der Waals surface area contributed by atoms with E-state index < -0.39 is 90.0 Å². The van der Waals surface area contributed by atoms with Crippen molar-refractivity contribution in [3.8, 4) is 5.75 Å². The van der Waals surface area contributed by atoms with E-state index in [1.54, 1.807) is 62.3 Å². The van der Waals surface area contributed by atoms with Gasteiger partial charge in [-0.15, -0.1) is 10.2 Å². The van der Waals surface area contributed by atoms with Crippen LogP contribution < -0.4 is 10.1 Å². The highest BCUT2D eigenvalue weighted by Gasteiger charge is 2.56. The lowest BCUT2D eigenvalue weighted by Crippen LogP contribution is -2.52. The molecule has 1 amide bonds. The second-order valence-corrected chi connectivity index (χ2v) is 16.1. The van der Waals surface area contributed by atoms with Crippen molar-refractivity contribution < 1.29 is 51.3 Å². The van der Waals surface area contributed by atoms with Crippen LogP contribution in [0.1, 0.15) is 103 Å². The van der Waals surface area contributed by atoms with Crippen LogP contribution >= 0.6 is 0 Å². The van der Waals surface area contributed by atoms with E-state index in [0.29, 0.717) is 0 Å². The fourth-order valence-electron chi connectivity index (χ4n) is 5.19. The summed E-state index contributed by atoms with van der Waals surface area (Å²) in [5.41, 5.74) is -5.80. The van der Waals surface area contributed by atoms with Crippen molar-refractivity contribution in [1.82, 2.24) is 30.2 Å². The fraction of sp³-hybridized carbons (Fsp3) is 0.583. The number of esters is 3. The number of nitrogens with zero attached hydrogens (tertiary/aromatic N) is 6. The summed E-state index contributed by atoms with van der Waals surface area (Å²) in [6, 6.07) is 5.45. The number of hydrogen-bond acceptors (Lipinski definition) is 13. The van der Waals surface area contributed by atoms with E-state index in [2.05, 4.69) is 30.8 Å². The molecule has 3 aromatic heterocycles. The van der Waals surface area contributed by atoms with E-state index in [1.807, 2.05) is 0 Å². The summed E-state index contributed by atoms with van der Waals surface area (Å²) >= 11 is 0. The number of anilines is 1. The molecule has 1 atom stereocenters. The monoisotopic (exact) mass is 761 g/mol. The lowest BCUT2D eigenvalue weighted by molar-refractivity contribution is -0.179. The van der Waals surface area contributed by atoms with Gasteiger partial charge < -0.3 is 24.3 Å². The molecule has 0 bridgehead atoms. The smallest absolute Gasteiger partial charge is 0.361 e. The molecule has 3 heterocycles. The first-order chi connectivity index (χ1) is 24.8. The molecular formula is C36H46F3N7O8. The standard InChI is InChI=1S/C36H46F3N7O8/c1-32(2,3)52-29(48)25-20-46(45-42-25)19-21(37)16-36(30(49)53-33(4,5)6,31(50)54-34(7,8)9)26-10-11-27(44-43-26)41-28(47)15-22-14-23(12-13-40-22)51-24-17-35(38,39)18-24/h10-14,20-21,24H,15-19H2,1-9H3,(H,41,44,47)/t21-/m1/s1. The Balaban J connectivity index is 1.58. The van der Waals surface area contributed by atoms with E-state index in [1.165, 1.54) is 36.7 Å². The molecule has 0 radical (unpaired) electrons. The minimum absolute atomic E-state index is 0.0794. The van der Waals surface area contributed by atoms with Crippen molar-refractivity contribution in [2.45, 2.75) is 135 Å². The molecule has 0 aliphatic heterocycles. The Morgan fingerprint density at radius 3 is 2.04 bits per heavy atom. The summed E-state index contributed by atoms with van der Waals surface area (Å²) in [5.74, 6) is -6.22. The predicted molar refractivity (Wildman–Crippen MR) is 185 cm³/mol. The van der Waals surface area contributed by atoms with Gasteiger partial charge in [0.25, 0.3) is 5.92 Å². The highest BCUT2D eigenvalue weighted by atomic mass is 19.3. The normalized spacial score (nSPS) is 15.4. The maximum atomic E-state index is 16.2. The van der Waals surface area contributed by atoms with E-state index in [-0.39, 0.29) is 35.1 Å². The number of carbonyl (C=O) groups excluding carboxylic acids is 4. The third kappa shape index (κ3) is 11.7. The van der Waals surface area contributed by atoms with Crippen molar-refractivity contribution in [3.63, 3.8) is 0 Å². The predicted octanol–water partition coefficient (Wildman–Crippen LogP) is 5.13. The molecule has 1 saturated carbocycles. The number of rotatable bonds is 13. The van der Waals surface area contributed by atoms with Crippen LogP contribution in [0.25, 0.3) is 0 Å². The number of halogens is 3. The average Bonchev–Trinajstić information content (AvgIpc) is 3.45. The van der Waals surface area contributed by atoms with Crippen molar-refractivity contribution in [2.75, 3.05) is 5.32 Å². The quantitative estimate of drug-likeness (QED) is 0.137. The number of alkyl halides is 3. The summed E-state index contributed by atoms with van der Waals surface area (Å²) in [6.07, 6.45) is -1.96. The molecule has 0 aromatic carbocycles. The van der Waals surface area contributed by atoms with Gasteiger partial charge in [-0.3, -0.25) is 19.4 Å². The lowest BCUT2D eigenvalue weighted by atomic mass is 9.78. The van der Waals surface area contributed by atoms with Gasteiger partial charge in [0.1, 0.15) is 34.8 Å². The molecule has 1 N–H and O–H groups in total. The summed E-state index contributed by atoms with van der Waals surface area (Å²) in [7, 11) is 0. The number of ether oxygens (including phenoxy) is 4. The van der Waals surface area contributed by atoms with Crippen LogP contribution in [-0.4, -0.2) is 89.0 Å². The van der Waals surface area contributed by atoms with Gasteiger partial charge in [-0.2, -0.15) is 5.10 Å². The lowest BCUT2D eigenvalue weighted by Gasteiger charge is -2.35. The van der Waals surface area contributed by atoms with Crippen molar-refractivity contribution in [1.29, 1.82) is 0 Å². The van der Waals surface area contributed by atoms with Crippen LogP contribution in [0, 0.1) is 0 Å². The summed E-state index contributed by atoms with van der Waals surface area (Å²) in [4.78, 5) is 57.6. The zero-order valence-corrected chi connectivity index (χ0v) is 31.7. The number of aromatic nitrogens is 6. The van der Waals surface area contributed by atoms with Gasteiger partial charge in [0.2, 0.25) is 11.3 Å². The third-order valence-corrected chi connectivity index (χ3v) is 7.41. The molecule has 15 nitrogen and oxygen atoms in total. The SMILES string of the molecule is CC(C)(C)OC(=O)c1cn(C[C@H](F)CC(C(=O)OC(C)(C)C)(C(=O)OC(C)(C)C)c2ccc(NC(=O)Cc3cc(OC4CC(F)(F)C4)ccn3)nn2)nn1. The summed E-state index contributed by atoms with van der Waals surface area (Å²) in [5, 5.41) is 18.2. The molecule has 0 spiro atoms. The maximum absolute atomic E-state index is 16.2. The summed E-state index contributed by atoms with van der Waals surface area (Å²) < 4.78 is 65.8. The molecule has 1 aliphatic carbocycles. The number of amides is 1. The Morgan fingerprint density at radius 2 is 1.50 bits per heavy atom. The van der Waals surface area contributed by atoms with Crippen LogP contribution in [0.15, 0.2) is 36.7 Å². The molecule has 0 unspecified atom stereocenters. The van der Waals surface area contributed by atoms with Gasteiger partial charge in [-0.05, 0) is 80.5 Å². The van der Waals surface area contributed by atoms with Gasteiger partial charge in [0.15, 0.2) is 11.5 Å². The second kappa shape index (κ2) is 15.7. The molecule has 1 fully saturated rings. The molecular weight excluding hydrogens is 715 g/mol. The van der Waals surface area contributed by atoms with E-state index in [9.17, 15) is 28.0 Å². The fourth-order valence-corrected chi connectivity index (χ4v) is 5.19. The molecule has 4 rings (SSSR count). The molecule has 3 aromatic rings. The number of carbonyl (C=O) groups is 4. The maximum Gasteiger partial charge on any atom is 0.361 e. The Labute approximate surface area is 310 Å². The first-order valence-corrected chi connectivity index (χ1v) is 17.2. The molecule has 1 aliphatic rings. The van der Waals surface area contributed by atoms with Gasteiger partial charge >= 0.3 is 17.9 Å². The topological polar surface area (TPSA) is 187 Å². The Bertz CT molecular complexity index is 1800. The minimum Gasteiger partial charge on any atom is -0.490 e. The molecule has 18 heteroatoms. The van der Waals surface area contributed by atoms with E-state index in [0.717, 1.165) is 4.68 Å². The largest absolute Gasteiger partial charge is 0.490 e. The van der Waals surface area contributed by atoms with Crippen molar-refractivity contribution in [3.05, 3.63) is 53.7 Å². The van der Waals surface area contributed by atoms with Gasteiger partial charge in [0, 0.05) is 31.5 Å². The third-order valence-electron chi connectivity index (χ3n) is 7.41. The minimum atomic E-state index is -2.75. The molecule has 0 saturated heterocycles. The number of nitrogens with one attached hydrogen (secondary N) is 1. The first kappa shape index (κ1) is 41.6. The Kier molecular flexibility index (Phi) is 12.1. The van der Waals surface area contributed by atoms with E-state index >= 15 is 4.39 Å². The van der Waals surface area contributed by atoms with Crippen LogP contribution in [0.3, 0.4) is 0 Å². The van der Waals surface area contributed by atoms with Gasteiger partial charge in [-0.25, -0.2) is 22.6 Å². The molecule has 54 heavy (non-hydrogen) atoms. The average molecular weight is 762 g/mol. The van der Waals surface area contributed by atoms with Crippen molar-refractivity contribution in [2.24, 2.45) is 0 Å². The van der Waals surface area contributed by atoms with Gasteiger partial charge in [0.05, 0.1) is 30.6 Å². The second-order valence-electron chi connectivity index (χ2n) is 16.1. The number of pyridine rings is 1. The van der Waals surface area contributed by atoms with Crippen LogP contribution in [0.4, 0.5) is 19.0 Å². The van der Waals surface area contributed by atoms with Crippen molar-refractivity contribution >= 4 is 29.6 Å². The Morgan fingerprint density at radius 1 is 0.889 bits per heavy atom. The van der Waals surface area contributed by atoms with Crippen LogP contribution in [0.2, 0.25) is 0 Å². The number of hydrogen-bond donors (Lipinski definition) is 1. The van der Waals surface area contributed by atoms with Gasteiger partial charge in [-0.1, -0.05) is 5.21 Å². The van der Waals surface area contributed by atoms with Crippen LogP contribution in [0.5, 0.6) is 5.75 Å². The first-order valence-electron chi connectivity index (χ1n) is 17.2.